The summed E-state index contributed by atoms with van der Waals surface area (Å²) in [5.74, 6) is 0. The fourth-order valence-electron chi connectivity index (χ4n) is 4.09. The second-order valence-electron chi connectivity index (χ2n) is 6.59. The molecule has 2 aliphatic rings. The van der Waals surface area contributed by atoms with Crippen LogP contribution in [0.5, 0.6) is 0 Å². The van der Waals surface area contributed by atoms with Gasteiger partial charge < -0.3 is 15.3 Å². The molecule has 0 aromatic heterocycles. The molecule has 2 unspecified atom stereocenters. The molecule has 3 rings (SSSR count). The number of hydrogen-bond acceptors (Lipinski definition) is 3. The summed E-state index contributed by atoms with van der Waals surface area (Å²) in [6.45, 7) is 3.52. The predicted molar refractivity (Wildman–Crippen MR) is 87.6 cm³/mol. The fraction of sp³-hybridized carbons (Fsp3) is 0.667. The maximum absolute atomic E-state index is 9.20. The highest BCUT2D eigenvalue weighted by Gasteiger charge is 2.37. The van der Waals surface area contributed by atoms with Crippen molar-refractivity contribution in [2.75, 3.05) is 11.4 Å². The summed E-state index contributed by atoms with van der Waals surface area (Å²) in [4.78, 5) is 2.66. The molecular weight excluding hydrogens is 260 g/mol. The van der Waals surface area contributed by atoms with Gasteiger partial charge >= 0.3 is 0 Å². The third kappa shape index (κ3) is 3.24. The van der Waals surface area contributed by atoms with Crippen LogP contribution < -0.4 is 10.2 Å². The lowest BCUT2D eigenvalue weighted by Gasteiger charge is -2.50. The maximum Gasteiger partial charge on any atom is 0.0681 e. The topological polar surface area (TPSA) is 35.5 Å². The van der Waals surface area contributed by atoms with E-state index in [1.165, 1.54) is 44.2 Å². The standard InChI is InChI=1S/C18H28N2O/c1-2-10-19-15-11-17-4-3-5-18(12-15)20(17)16-8-6-14(13-21)7-9-16/h6-9,15,17-19,21H,2-5,10-13H2,1H3. The Labute approximate surface area is 128 Å². The van der Waals surface area contributed by atoms with Gasteiger partial charge in [-0.25, -0.2) is 0 Å². The molecule has 2 atom stereocenters. The van der Waals surface area contributed by atoms with Gasteiger partial charge in [0.2, 0.25) is 0 Å². The van der Waals surface area contributed by atoms with Crippen molar-refractivity contribution >= 4 is 5.69 Å². The molecule has 116 valence electrons. The van der Waals surface area contributed by atoms with E-state index in [2.05, 4.69) is 41.4 Å². The highest BCUT2D eigenvalue weighted by atomic mass is 16.3. The molecule has 2 saturated heterocycles. The number of hydrogen-bond donors (Lipinski definition) is 2. The van der Waals surface area contributed by atoms with Crippen molar-refractivity contribution in [3.63, 3.8) is 0 Å². The Morgan fingerprint density at radius 2 is 1.81 bits per heavy atom. The zero-order chi connectivity index (χ0) is 14.7. The Kier molecular flexibility index (Phi) is 4.81. The summed E-state index contributed by atoms with van der Waals surface area (Å²) >= 11 is 0. The summed E-state index contributed by atoms with van der Waals surface area (Å²) in [7, 11) is 0. The number of rotatable bonds is 5. The molecular formula is C18H28N2O. The summed E-state index contributed by atoms with van der Waals surface area (Å²) < 4.78 is 0. The Morgan fingerprint density at radius 1 is 1.14 bits per heavy atom. The highest BCUT2D eigenvalue weighted by Crippen LogP contribution is 2.37. The zero-order valence-corrected chi connectivity index (χ0v) is 13.1. The highest BCUT2D eigenvalue weighted by molar-refractivity contribution is 5.51. The fourth-order valence-corrected chi connectivity index (χ4v) is 4.09. The van der Waals surface area contributed by atoms with Crippen LogP contribution in [-0.2, 0) is 6.61 Å². The minimum absolute atomic E-state index is 0.135. The molecule has 1 aromatic carbocycles. The number of fused-ring (bicyclic) bond motifs is 2. The number of anilines is 1. The van der Waals surface area contributed by atoms with E-state index in [0.717, 1.165) is 12.1 Å². The van der Waals surface area contributed by atoms with Gasteiger partial charge in [-0.1, -0.05) is 19.1 Å². The lowest BCUT2D eigenvalue weighted by Crippen LogP contribution is -2.56. The van der Waals surface area contributed by atoms with Gasteiger partial charge in [-0.2, -0.15) is 0 Å². The normalized spacial score (nSPS) is 28.7. The van der Waals surface area contributed by atoms with E-state index in [9.17, 15) is 5.11 Å². The molecule has 0 aliphatic carbocycles. The van der Waals surface area contributed by atoms with Crippen LogP contribution in [0.3, 0.4) is 0 Å². The van der Waals surface area contributed by atoms with Crippen molar-refractivity contribution in [3.05, 3.63) is 29.8 Å². The number of piperidine rings is 2. The van der Waals surface area contributed by atoms with E-state index in [1.54, 1.807) is 0 Å². The molecule has 1 aromatic rings. The molecule has 21 heavy (non-hydrogen) atoms. The summed E-state index contributed by atoms with van der Waals surface area (Å²) in [6.07, 6.45) is 7.79. The van der Waals surface area contributed by atoms with Crippen LogP contribution in [0.4, 0.5) is 5.69 Å². The van der Waals surface area contributed by atoms with Crippen molar-refractivity contribution in [2.24, 2.45) is 0 Å². The molecule has 2 bridgehead atoms. The molecule has 0 radical (unpaired) electrons. The molecule has 3 heteroatoms. The Morgan fingerprint density at radius 3 is 2.38 bits per heavy atom. The van der Waals surface area contributed by atoms with Crippen LogP contribution in [0.15, 0.2) is 24.3 Å². The van der Waals surface area contributed by atoms with Gasteiger partial charge in [-0.3, -0.25) is 0 Å². The minimum Gasteiger partial charge on any atom is -0.392 e. The van der Waals surface area contributed by atoms with Crippen molar-refractivity contribution in [2.45, 2.75) is 70.2 Å². The van der Waals surface area contributed by atoms with E-state index in [0.29, 0.717) is 18.1 Å². The Hall–Kier alpha value is -1.06. The summed E-state index contributed by atoms with van der Waals surface area (Å²) in [5, 5.41) is 12.9. The van der Waals surface area contributed by atoms with Crippen LogP contribution in [0.2, 0.25) is 0 Å². The second-order valence-corrected chi connectivity index (χ2v) is 6.59. The Bertz CT molecular complexity index is 431. The summed E-state index contributed by atoms with van der Waals surface area (Å²) in [6, 6.07) is 10.6. The van der Waals surface area contributed by atoms with E-state index >= 15 is 0 Å². The van der Waals surface area contributed by atoms with Gasteiger partial charge in [0.15, 0.2) is 0 Å². The van der Waals surface area contributed by atoms with Gasteiger partial charge in [-0.05, 0) is 62.8 Å². The number of aliphatic hydroxyl groups is 1. The van der Waals surface area contributed by atoms with Gasteiger partial charge in [0, 0.05) is 23.8 Å². The molecule has 0 spiro atoms. The first-order valence-electron chi connectivity index (χ1n) is 8.53. The van der Waals surface area contributed by atoms with Crippen LogP contribution in [0.25, 0.3) is 0 Å². The number of nitrogens with one attached hydrogen (secondary N) is 1. The van der Waals surface area contributed by atoms with Crippen LogP contribution >= 0.6 is 0 Å². The van der Waals surface area contributed by atoms with Crippen LogP contribution in [-0.4, -0.2) is 29.8 Å². The minimum atomic E-state index is 0.135. The molecule has 0 saturated carbocycles. The average Bonchev–Trinajstić information content (AvgIpc) is 2.52. The lowest BCUT2D eigenvalue weighted by molar-refractivity contribution is 0.246. The van der Waals surface area contributed by atoms with Gasteiger partial charge in [0.05, 0.1) is 6.61 Å². The average molecular weight is 288 g/mol. The third-order valence-electron chi connectivity index (χ3n) is 5.07. The van der Waals surface area contributed by atoms with E-state index in [4.69, 9.17) is 0 Å². The zero-order valence-electron chi connectivity index (χ0n) is 13.1. The number of nitrogens with zero attached hydrogens (tertiary/aromatic N) is 1. The quantitative estimate of drug-likeness (QED) is 0.874. The molecule has 0 amide bonds. The van der Waals surface area contributed by atoms with E-state index in [1.807, 2.05) is 0 Å². The maximum atomic E-state index is 9.20. The van der Waals surface area contributed by atoms with E-state index in [-0.39, 0.29) is 6.61 Å². The largest absolute Gasteiger partial charge is 0.392 e. The van der Waals surface area contributed by atoms with Crippen molar-refractivity contribution < 1.29 is 5.11 Å². The second kappa shape index (κ2) is 6.80. The van der Waals surface area contributed by atoms with Crippen molar-refractivity contribution in [3.8, 4) is 0 Å². The van der Waals surface area contributed by atoms with Gasteiger partial charge in [-0.15, -0.1) is 0 Å². The van der Waals surface area contributed by atoms with Crippen LogP contribution in [0.1, 0.15) is 51.0 Å². The molecule has 2 heterocycles. The summed E-state index contributed by atoms with van der Waals surface area (Å²) in [5.41, 5.74) is 2.35. The lowest BCUT2D eigenvalue weighted by atomic mass is 9.81. The molecule has 2 N–H and O–H groups in total. The van der Waals surface area contributed by atoms with Gasteiger partial charge in [0.25, 0.3) is 0 Å². The number of benzene rings is 1. The number of aliphatic hydroxyl groups excluding tert-OH is 1. The third-order valence-corrected chi connectivity index (χ3v) is 5.07. The Balaban J connectivity index is 1.73. The predicted octanol–water partition coefficient (Wildman–Crippen LogP) is 3.07. The van der Waals surface area contributed by atoms with Crippen LogP contribution in [0, 0.1) is 0 Å². The van der Waals surface area contributed by atoms with Crippen molar-refractivity contribution in [1.82, 2.24) is 5.32 Å². The van der Waals surface area contributed by atoms with Gasteiger partial charge in [0.1, 0.15) is 0 Å². The smallest absolute Gasteiger partial charge is 0.0681 e. The molecule has 2 fully saturated rings. The van der Waals surface area contributed by atoms with Crippen molar-refractivity contribution in [1.29, 1.82) is 0 Å². The first-order chi connectivity index (χ1) is 10.3. The SMILES string of the molecule is CCCNC1CC2CCCC(C1)N2c1ccc(CO)cc1. The monoisotopic (exact) mass is 288 g/mol. The first kappa shape index (κ1) is 14.9. The van der Waals surface area contributed by atoms with E-state index < -0.39 is 0 Å². The molecule has 2 aliphatic heterocycles. The first-order valence-corrected chi connectivity index (χ1v) is 8.53. The molecule has 3 nitrogen and oxygen atoms in total.